The first-order chi connectivity index (χ1) is 12.4. The quantitative estimate of drug-likeness (QED) is 0.763. The summed E-state index contributed by atoms with van der Waals surface area (Å²) in [5.74, 6) is 0.788. The number of nitrogens with two attached hydrogens (primary N) is 1. The summed E-state index contributed by atoms with van der Waals surface area (Å²) < 4.78 is 5.86. The van der Waals surface area contributed by atoms with E-state index in [1.54, 1.807) is 6.20 Å². The number of benzene rings is 1. The van der Waals surface area contributed by atoms with Crippen LogP contribution in [0.15, 0.2) is 48.8 Å². The maximum absolute atomic E-state index is 6.23. The van der Waals surface area contributed by atoms with E-state index in [9.17, 15) is 0 Å². The number of hydrogen-bond acceptors (Lipinski definition) is 4. The van der Waals surface area contributed by atoms with Crippen molar-refractivity contribution in [2.24, 2.45) is 5.73 Å². The predicted molar refractivity (Wildman–Crippen MR) is 107 cm³/mol. The molecule has 1 atom stereocenters. The Bertz CT molecular complexity index is 705. The fourth-order valence-electron chi connectivity index (χ4n) is 3.18. The summed E-state index contributed by atoms with van der Waals surface area (Å²) >= 11 is 0. The minimum atomic E-state index is -0.0418. The van der Waals surface area contributed by atoms with Gasteiger partial charge in [0, 0.05) is 24.7 Å². The van der Waals surface area contributed by atoms with Gasteiger partial charge in [-0.3, -0.25) is 4.98 Å². The van der Waals surface area contributed by atoms with Gasteiger partial charge in [0.25, 0.3) is 0 Å². The topological polar surface area (TPSA) is 60.2 Å². The lowest BCUT2D eigenvalue weighted by Gasteiger charge is -2.21. The number of ether oxygens (including phenoxy) is 1. The average molecular weight is 354 g/mol. The molecule has 1 heterocycles. The van der Waals surface area contributed by atoms with Crippen molar-refractivity contribution in [1.82, 2.24) is 10.3 Å². The van der Waals surface area contributed by atoms with Crippen molar-refractivity contribution in [3.63, 3.8) is 0 Å². The van der Waals surface area contributed by atoms with Crippen LogP contribution in [-0.4, -0.2) is 30.7 Å². The largest absolute Gasteiger partial charge is 0.490 e. The Morgan fingerprint density at radius 1 is 1.19 bits per heavy atom. The second-order valence-corrected chi connectivity index (χ2v) is 8.51. The molecule has 1 aromatic carbocycles. The third-order valence-electron chi connectivity index (χ3n) is 5.15. The zero-order valence-corrected chi connectivity index (χ0v) is 16.2. The van der Waals surface area contributed by atoms with Crippen LogP contribution in [-0.2, 0) is 10.8 Å². The monoisotopic (exact) mass is 353 g/mol. The highest BCUT2D eigenvalue weighted by Crippen LogP contribution is 2.47. The highest BCUT2D eigenvalue weighted by atomic mass is 16.5. The zero-order chi connectivity index (χ0) is 18.6. The Morgan fingerprint density at radius 3 is 2.58 bits per heavy atom. The third-order valence-corrected chi connectivity index (χ3v) is 5.15. The van der Waals surface area contributed by atoms with Crippen LogP contribution in [0.1, 0.15) is 44.7 Å². The second kappa shape index (κ2) is 7.77. The third kappa shape index (κ3) is 4.83. The molecule has 2 aromatic rings. The van der Waals surface area contributed by atoms with Crippen LogP contribution in [0.2, 0.25) is 0 Å². The summed E-state index contributed by atoms with van der Waals surface area (Å²) in [7, 11) is 0. The molecule has 0 bridgehead atoms. The molecule has 0 aliphatic heterocycles. The average Bonchev–Trinajstić information content (AvgIpc) is 3.41. The van der Waals surface area contributed by atoms with Gasteiger partial charge < -0.3 is 15.8 Å². The summed E-state index contributed by atoms with van der Waals surface area (Å²) in [6, 6.07) is 12.8. The molecule has 0 saturated heterocycles. The lowest BCUT2D eigenvalue weighted by molar-refractivity contribution is 0.281. The van der Waals surface area contributed by atoms with Gasteiger partial charge in [-0.15, -0.1) is 0 Å². The molecule has 26 heavy (non-hydrogen) atoms. The van der Waals surface area contributed by atoms with Crippen LogP contribution in [0, 0.1) is 0 Å². The summed E-state index contributed by atoms with van der Waals surface area (Å²) in [6.07, 6.45) is 6.15. The molecule has 0 unspecified atom stereocenters. The second-order valence-electron chi connectivity index (χ2n) is 8.51. The van der Waals surface area contributed by atoms with Crippen molar-refractivity contribution in [2.45, 2.75) is 50.5 Å². The molecular weight excluding hydrogens is 322 g/mol. The Hall–Kier alpha value is -1.91. The van der Waals surface area contributed by atoms with E-state index in [0.29, 0.717) is 12.0 Å². The van der Waals surface area contributed by atoms with Gasteiger partial charge in [0.2, 0.25) is 0 Å². The Balaban J connectivity index is 1.43. The number of rotatable bonds is 8. The molecule has 1 aromatic heterocycles. The molecule has 140 valence electrons. The predicted octanol–water partition coefficient (Wildman–Crippen LogP) is 3.41. The van der Waals surface area contributed by atoms with Gasteiger partial charge in [-0.25, -0.2) is 0 Å². The number of hydrogen-bond donors (Lipinski definition) is 2. The molecule has 3 N–H and O–H groups in total. The molecular formula is C22H31N3O. The molecule has 0 spiro atoms. The van der Waals surface area contributed by atoms with E-state index in [-0.39, 0.29) is 11.5 Å². The molecule has 3 rings (SSSR count). The van der Waals surface area contributed by atoms with Crippen molar-refractivity contribution in [3.8, 4) is 5.75 Å². The van der Waals surface area contributed by atoms with Gasteiger partial charge in [-0.2, -0.15) is 0 Å². The van der Waals surface area contributed by atoms with Crippen molar-refractivity contribution in [1.29, 1.82) is 0 Å². The van der Waals surface area contributed by atoms with Gasteiger partial charge in [0.1, 0.15) is 12.4 Å². The summed E-state index contributed by atoms with van der Waals surface area (Å²) in [6.45, 7) is 8.73. The fourth-order valence-corrected chi connectivity index (χ4v) is 3.18. The van der Waals surface area contributed by atoms with Gasteiger partial charge in [0.05, 0.1) is 12.2 Å². The molecule has 1 aliphatic rings. The number of pyridine rings is 1. The van der Waals surface area contributed by atoms with E-state index in [1.165, 1.54) is 24.0 Å². The van der Waals surface area contributed by atoms with E-state index < -0.39 is 0 Å². The van der Waals surface area contributed by atoms with Gasteiger partial charge in [-0.1, -0.05) is 51.1 Å². The molecule has 1 saturated carbocycles. The molecule has 1 aliphatic carbocycles. The SMILES string of the molecule is CC(C)(C)c1cncc(OC[C@@H](N)CNCC2(c3ccccc3)CC2)c1. The number of aromatic nitrogens is 1. The van der Waals surface area contributed by atoms with Crippen LogP contribution < -0.4 is 15.8 Å². The van der Waals surface area contributed by atoms with Crippen LogP contribution in [0.3, 0.4) is 0 Å². The summed E-state index contributed by atoms with van der Waals surface area (Å²) in [5.41, 5.74) is 9.20. The zero-order valence-electron chi connectivity index (χ0n) is 16.2. The van der Waals surface area contributed by atoms with E-state index in [1.807, 2.05) is 6.20 Å². The standard InChI is InChI=1S/C22H31N3O/c1-21(2,3)18-11-20(14-24-12-18)26-15-19(23)13-25-16-22(9-10-22)17-7-5-4-6-8-17/h4-8,11-12,14,19,25H,9-10,13,15-16,23H2,1-3H3/t19-/m0/s1. The first-order valence-electron chi connectivity index (χ1n) is 9.49. The van der Waals surface area contributed by atoms with Crippen molar-refractivity contribution in [2.75, 3.05) is 19.7 Å². The first kappa shape index (κ1) is 18.9. The van der Waals surface area contributed by atoms with Gasteiger partial charge in [-0.05, 0) is 35.4 Å². The Kier molecular flexibility index (Phi) is 5.64. The smallest absolute Gasteiger partial charge is 0.137 e. The van der Waals surface area contributed by atoms with Crippen molar-refractivity contribution in [3.05, 3.63) is 59.9 Å². The lowest BCUT2D eigenvalue weighted by atomic mass is 9.88. The van der Waals surface area contributed by atoms with E-state index >= 15 is 0 Å². The normalized spacial score (nSPS) is 16.9. The minimum Gasteiger partial charge on any atom is -0.490 e. The van der Waals surface area contributed by atoms with Crippen molar-refractivity contribution >= 4 is 0 Å². The summed E-state index contributed by atoms with van der Waals surface area (Å²) in [4.78, 5) is 4.28. The Morgan fingerprint density at radius 2 is 1.92 bits per heavy atom. The number of nitrogens with one attached hydrogen (secondary N) is 1. The summed E-state index contributed by atoms with van der Waals surface area (Å²) in [5, 5.41) is 3.54. The van der Waals surface area contributed by atoms with Crippen LogP contribution in [0.4, 0.5) is 0 Å². The molecule has 4 heteroatoms. The van der Waals surface area contributed by atoms with Gasteiger partial charge >= 0.3 is 0 Å². The maximum atomic E-state index is 6.23. The minimum absolute atomic E-state index is 0.0418. The maximum Gasteiger partial charge on any atom is 0.137 e. The van der Waals surface area contributed by atoms with E-state index in [2.05, 4.69) is 67.5 Å². The Labute approximate surface area is 157 Å². The van der Waals surface area contributed by atoms with E-state index in [4.69, 9.17) is 10.5 Å². The first-order valence-corrected chi connectivity index (χ1v) is 9.49. The van der Waals surface area contributed by atoms with Crippen LogP contribution in [0.25, 0.3) is 0 Å². The highest BCUT2D eigenvalue weighted by Gasteiger charge is 2.43. The number of nitrogens with zero attached hydrogens (tertiary/aromatic N) is 1. The molecule has 4 nitrogen and oxygen atoms in total. The lowest BCUT2D eigenvalue weighted by Crippen LogP contribution is -2.41. The van der Waals surface area contributed by atoms with Gasteiger partial charge in [0.15, 0.2) is 0 Å². The molecule has 0 radical (unpaired) electrons. The van der Waals surface area contributed by atoms with Crippen LogP contribution in [0.5, 0.6) is 5.75 Å². The molecule has 1 fully saturated rings. The van der Waals surface area contributed by atoms with Crippen molar-refractivity contribution < 1.29 is 4.74 Å². The fraction of sp³-hybridized carbons (Fsp3) is 0.500. The highest BCUT2D eigenvalue weighted by molar-refractivity contribution is 5.31. The van der Waals surface area contributed by atoms with Crippen LogP contribution >= 0.6 is 0 Å². The van der Waals surface area contributed by atoms with E-state index in [0.717, 1.165) is 18.8 Å². The molecule has 0 amide bonds.